The van der Waals surface area contributed by atoms with E-state index in [2.05, 4.69) is 10.6 Å². The highest BCUT2D eigenvalue weighted by atomic mass is 19.1. The maximum absolute atomic E-state index is 13.5. The summed E-state index contributed by atoms with van der Waals surface area (Å²) in [6.45, 7) is 3.42. The number of nitrogens with zero attached hydrogens (tertiary/aromatic N) is 1. The van der Waals surface area contributed by atoms with Gasteiger partial charge in [0.05, 0.1) is 17.2 Å². The Morgan fingerprint density at radius 1 is 0.897 bits per heavy atom. The molecule has 0 radical (unpaired) electrons. The Morgan fingerprint density at radius 3 is 1.97 bits per heavy atom. The van der Waals surface area contributed by atoms with Gasteiger partial charge < -0.3 is 10.4 Å². The maximum atomic E-state index is 13.5. The molecule has 1 aliphatic rings. The summed E-state index contributed by atoms with van der Waals surface area (Å²) in [5, 5.41) is 16.9. The monoisotopic (exact) mass is 537 g/mol. The number of carboxylic acid groups (broad SMARTS) is 1. The molecule has 0 bridgehead atoms. The van der Waals surface area contributed by atoms with Gasteiger partial charge in [0.2, 0.25) is 5.91 Å². The van der Waals surface area contributed by atoms with E-state index >= 15 is 0 Å². The number of imide groups is 1. The highest BCUT2D eigenvalue weighted by Crippen LogP contribution is 2.28. The SMILES string of the molecule is CC(C)C[C@@H](NC(CCN1C(=O)c2cc3ccccc3cc2C1=O)C(=O)O)C(=O)NCc1cc(F)cc(F)c1. The highest BCUT2D eigenvalue weighted by molar-refractivity contribution is 6.23. The molecule has 39 heavy (non-hydrogen) atoms. The van der Waals surface area contributed by atoms with Crippen LogP contribution in [0.15, 0.2) is 54.6 Å². The zero-order chi connectivity index (χ0) is 28.3. The number of hydrogen-bond acceptors (Lipinski definition) is 5. The van der Waals surface area contributed by atoms with E-state index < -0.39 is 47.4 Å². The van der Waals surface area contributed by atoms with E-state index in [1.165, 1.54) is 0 Å². The Kier molecular flexibility index (Phi) is 8.35. The lowest BCUT2D eigenvalue weighted by molar-refractivity contribution is -0.140. The number of carboxylic acids is 1. The summed E-state index contributed by atoms with van der Waals surface area (Å²) in [5.74, 6) is -4.31. The minimum atomic E-state index is -1.24. The van der Waals surface area contributed by atoms with E-state index in [0.29, 0.717) is 0 Å². The van der Waals surface area contributed by atoms with Gasteiger partial charge in [-0.3, -0.25) is 29.4 Å². The number of hydrogen-bond donors (Lipinski definition) is 3. The molecule has 204 valence electrons. The van der Waals surface area contributed by atoms with Crippen molar-refractivity contribution < 1.29 is 33.1 Å². The summed E-state index contributed by atoms with van der Waals surface area (Å²) >= 11 is 0. The van der Waals surface area contributed by atoms with Crippen LogP contribution in [-0.2, 0) is 16.1 Å². The van der Waals surface area contributed by atoms with Crippen LogP contribution in [0.4, 0.5) is 8.78 Å². The van der Waals surface area contributed by atoms with Gasteiger partial charge in [-0.25, -0.2) is 8.78 Å². The van der Waals surface area contributed by atoms with Crippen molar-refractivity contribution in [2.45, 2.75) is 45.3 Å². The smallest absolute Gasteiger partial charge is 0.320 e. The summed E-state index contributed by atoms with van der Waals surface area (Å²) in [5.41, 5.74) is 0.756. The van der Waals surface area contributed by atoms with Gasteiger partial charge in [0, 0.05) is 19.2 Å². The molecule has 0 saturated heterocycles. The van der Waals surface area contributed by atoms with Crippen molar-refractivity contribution in [2.75, 3.05) is 6.54 Å². The number of benzene rings is 3. The number of carbonyl (C=O) groups excluding carboxylic acids is 3. The summed E-state index contributed by atoms with van der Waals surface area (Å²) in [7, 11) is 0. The van der Waals surface area contributed by atoms with E-state index in [4.69, 9.17) is 0 Å². The Labute approximate surface area is 224 Å². The molecule has 3 aromatic rings. The number of rotatable bonds is 11. The standard InChI is InChI=1S/C29H29F2N3O5/c1-16(2)9-25(26(35)32-15-17-10-20(30)14-21(31)11-17)33-24(29(38)39)7-8-34-27(36)22-12-18-5-3-4-6-19(18)13-23(22)28(34)37/h3-6,10-14,16,24-25,33H,7-9,15H2,1-2H3,(H,32,35)(H,38,39)/t24?,25-/m1/s1. The number of amides is 3. The average molecular weight is 538 g/mol. The third-order valence-corrected chi connectivity index (χ3v) is 6.59. The van der Waals surface area contributed by atoms with Gasteiger partial charge in [-0.1, -0.05) is 38.1 Å². The van der Waals surface area contributed by atoms with Crippen molar-refractivity contribution in [1.82, 2.24) is 15.5 Å². The zero-order valence-corrected chi connectivity index (χ0v) is 21.5. The Morgan fingerprint density at radius 2 is 1.46 bits per heavy atom. The van der Waals surface area contributed by atoms with Crippen molar-refractivity contribution in [2.24, 2.45) is 5.92 Å². The molecule has 3 aromatic carbocycles. The molecule has 4 rings (SSSR count). The topological polar surface area (TPSA) is 116 Å². The van der Waals surface area contributed by atoms with Gasteiger partial charge in [0.25, 0.3) is 11.8 Å². The molecule has 3 N–H and O–H groups in total. The van der Waals surface area contributed by atoms with Gasteiger partial charge >= 0.3 is 5.97 Å². The van der Waals surface area contributed by atoms with Crippen LogP contribution in [0.3, 0.4) is 0 Å². The number of fused-ring (bicyclic) bond motifs is 2. The lowest BCUT2D eigenvalue weighted by Gasteiger charge is -2.25. The Bertz CT molecular complexity index is 1370. The Balaban J connectivity index is 1.43. The van der Waals surface area contributed by atoms with Crippen molar-refractivity contribution in [1.29, 1.82) is 0 Å². The second-order valence-electron chi connectivity index (χ2n) is 10.0. The lowest BCUT2D eigenvalue weighted by atomic mass is 10.0. The number of halogens is 2. The summed E-state index contributed by atoms with van der Waals surface area (Å²) < 4.78 is 27.0. The van der Waals surface area contributed by atoms with Crippen LogP contribution in [0.25, 0.3) is 10.8 Å². The predicted molar refractivity (Wildman–Crippen MR) is 140 cm³/mol. The Hall–Kier alpha value is -4.18. The van der Waals surface area contributed by atoms with Gasteiger partial charge in [0.15, 0.2) is 0 Å². The summed E-state index contributed by atoms with van der Waals surface area (Å²) in [6.07, 6.45) is 0.157. The quantitative estimate of drug-likeness (QED) is 0.320. The first-order valence-electron chi connectivity index (χ1n) is 12.6. The molecule has 0 aromatic heterocycles. The van der Waals surface area contributed by atoms with Crippen molar-refractivity contribution >= 4 is 34.5 Å². The number of aliphatic carboxylic acids is 1. The van der Waals surface area contributed by atoms with Crippen LogP contribution in [-0.4, -0.2) is 52.3 Å². The van der Waals surface area contributed by atoms with Crippen molar-refractivity contribution in [3.8, 4) is 0 Å². The molecule has 8 nitrogen and oxygen atoms in total. The van der Waals surface area contributed by atoms with Gasteiger partial charge in [-0.15, -0.1) is 0 Å². The van der Waals surface area contributed by atoms with E-state index in [1.54, 1.807) is 12.1 Å². The van der Waals surface area contributed by atoms with Crippen LogP contribution in [0.1, 0.15) is 53.0 Å². The normalized spacial score (nSPS) is 14.5. The molecule has 0 saturated carbocycles. The largest absolute Gasteiger partial charge is 0.480 e. The van der Waals surface area contributed by atoms with Gasteiger partial charge in [-0.2, -0.15) is 0 Å². The molecular formula is C29H29F2N3O5. The summed E-state index contributed by atoms with van der Waals surface area (Å²) in [4.78, 5) is 52.0. The van der Waals surface area contributed by atoms with E-state index in [1.807, 2.05) is 38.1 Å². The first-order chi connectivity index (χ1) is 18.5. The van der Waals surface area contributed by atoms with Gasteiger partial charge in [-0.05, 0) is 59.4 Å². The molecule has 0 aliphatic carbocycles. The fourth-order valence-corrected chi connectivity index (χ4v) is 4.71. The fourth-order valence-electron chi connectivity index (χ4n) is 4.71. The molecule has 1 unspecified atom stereocenters. The van der Waals surface area contributed by atoms with Crippen LogP contribution < -0.4 is 10.6 Å². The van der Waals surface area contributed by atoms with Crippen LogP contribution in [0.5, 0.6) is 0 Å². The third-order valence-electron chi connectivity index (χ3n) is 6.59. The van der Waals surface area contributed by atoms with Crippen molar-refractivity contribution in [3.63, 3.8) is 0 Å². The molecule has 2 atom stereocenters. The van der Waals surface area contributed by atoms with Crippen molar-refractivity contribution in [3.05, 3.63) is 82.9 Å². The fraction of sp³-hybridized carbons (Fsp3) is 0.310. The highest BCUT2D eigenvalue weighted by Gasteiger charge is 2.37. The van der Waals surface area contributed by atoms with Crippen LogP contribution in [0, 0.1) is 17.6 Å². The first-order valence-corrected chi connectivity index (χ1v) is 12.6. The molecule has 3 amide bonds. The molecule has 10 heteroatoms. The van der Waals surface area contributed by atoms with Crippen LogP contribution in [0.2, 0.25) is 0 Å². The maximum Gasteiger partial charge on any atom is 0.320 e. The zero-order valence-electron chi connectivity index (χ0n) is 21.5. The molecule has 0 fully saturated rings. The van der Waals surface area contributed by atoms with Gasteiger partial charge in [0.1, 0.15) is 17.7 Å². The number of carbonyl (C=O) groups is 4. The average Bonchev–Trinajstić information content (AvgIpc) is 3.10. The second-order valence-corrected chi connectivity index (χ2v) is 10.0. The minimum absolute atomic E-state index is 0.0136. The van der Waals surface area contributed by atoms with E-state index in [-0.39, 0.29) is 48.5 Å². The molecule has 1 aliphatic heterocycles. The summed E-state index contributed by atoms with van der Waals surface area (Å²) in [6, 6.07) is 11.4. The molecule has 1 heterocycles. The third kappa shape index (κ3) is 6.46. The molecular weight excluding hydrogens is 508 g/mol. The van der Waals surface area contributed by atoms with E-state index in [9.17, 15) is 33.1 Å². The predicted octanol–water partition coefficient (Wildman–Crippen LogP) is 3.88. The second kappa shape index (κ2) is 11.7. The van der Waals surface area contributed by atoms with E-state index in [0.717, 1.165) is 33.9 Å². The molecule has 0 spiro atoms. The first kappa shape index (κ1) is 27.8. The minimum Gasteiger partial charge on any atom is -0.480 e. The van der Waals surface area contributed by atoms with Crippen LogP contribution >= 0.6 is 0 Å². The number of nitrogens with one attached hydrogen (secondary N) is 2. The lowest BCUT2D eigenvalue weighted by Crippen LogP contribution is -2.52.